The van der Waals surface area contributed by atoms with Crippen molar-refractivity contribution in [3.05, 3.63) is 56.4 Å². The van der Waals surface area contributed by atoms with Gasteiger partial charge in [-0.3, -0.25) is 4.79 Å². The van der Waals surface area contributed by atoms with Gasteiger partial charge in [0.2, 0.25) is 0 Å². The Morgan fingerprint density at radius 3 is 2.55 bits per heavy atom. The molecule has 1 amide bonds. The molecule has 3 rings (SSSR count). The molecule has 1 aliphatic heterocycles. The number of ether oxygens (including phenoxy) is 3. The SMILES string of the molecule is COc1cc(C=C2SC(=S)NC2=O)cc(Br)c1OCCOc1ccc(C)cc1C. The zero-order chi connectivity index (χ0) is 21.0. The summed E-state index contributed by atoms with van der Waals surface area (Å²) in [5.41, 5.74) is 3.09. The summed E-state index contributed by atoms with van der Waals surface area (Å²) in [5, 5.41) is 2.60. The summed E-state index contributed by atoms with van der Waals surface area (Å²) in [4.78, 5) is 12.4. The van der Waals surface area contributed by atoms with E-state index >= 15 is 0 Å². The van der Waals surface area contributed by atoms with E-state index in [9.17, 15) is 4.79 Å². The predicted molar refractivity (Wildman–Crippen MR) is 124 cm³/mol. The van der Waals surface area contributed by atoms with E-state index < -0.39 is 0 Å². The van der Waals surface area contributed by atoms with E-state index in [0.717, 1.165) is 21.3 Å². The molecule has 0 aromatic heterocycles. The molecular formula is C21H20BrNO4S2. The van der Waals surface area contributed by atoms with Crippen molar-refractivity contribution in [3.63, 3.8) is 0 Å². The van der Waals surface area contributed by atoms with Crippen LogP contribution in [-0.4, -0.2) is 30.6 Å². The molecule has 152 valence electrons. The van der Waals surface area contributed by atoms with E-state index in [0.29, 0.717) is 33.9 Å². The lowest BCUT2D eigenvalue weighted by molar-refractivity contribution is -0.115. The van der Waals surface area contributed by atoms with Crippen LogP contribution in [0.4, 0.5) is 0 Å². The normalized spacial score (nSPS) is 14.8. The Labute approximate surface area is 187 Å². The Morgan fingerprint density at radius 1 is 1.14 bits per heavy atom. The highest BCUT2D eigenvalue weighted by Crippen LogP contribution is 2.38. The zero-order valence-electron chi connectivity index (χ0n) is 16.2. The number of hydrogen-bond donors (Lipinski definition) is 1. The molecular weight excluding hydrogens is 474 g/mol. The number of carbonyl (C=O) groups excluding carboxylic acids is 1. The molecule has 29 heavy (non-hydrogen) atoms. The largest absolute Gasteiger partial charge is 0.493 e. The van der Waals surface area contributed by atoms with Crippen LogP contribution in [0.15, 0.2) is 39.7 Å². The average Bonchev–Trinajstić information content (AvgIpc) is 2.98. The van der Waals surface area contributed by atoms with Gasteiger partial charge >= 0.3 is 0 Å². The Bertz CT molecular complexity index is 991. The Morgan fingerprint density at radius 2 is 1.90 bits per heavy atom. The van der Waals surface area contributed by atoms with Gasteiger partial charge < -0.3 is 19.5 Å². The maximum atomic E-state index is 11.9. The highest BCUT2D eigenvalue weighted by Gasteiger charge is 2.22. The fourth-order valence-electron chi connectivity index (χ4n) is 2.79. The van der Waals surface area contributed by atoms with Gasteiger partial charge in [0.25, 0.3) is 5.91 Å². The number of halogens is 1. The minimum atomic E-state index is -0.195. The van der Waals surface area contributed by atoms with Crippen molar-refractivity contribution in [2.75, 3.05) is 20.3 Å². The minimum Gasteiger partial charge on any atom is -0.493 e. The van der Waals surface area contributed by atoms with Gasteiger partial charge in [0.1, 0.15) is 23.3 Å². The van der Waals surface area contributed by atoms with Crippen LogP contribution < -0.4 is 19.5 Å². The van der Waals surface area contributed by atoms with Crippen LogP contribution in [0.2, 0.25) is 0 Å². The monoisotopic (exact) mass is 493 g/mol. The van der Waals surface area contributed by atoms with E-state index in [1.54, 1.807) is 13.2 Å². The lowest BCUT2D eigenvalue weighted by atomic mass is 10.1. The average molecular weight is 494 g/mol. The van der Waals surface area contributed by atoms with Crippen molar-refractivity contribution in [2.45, 2.75) is 13.8 Å². The topological polar surface area (TPSA) is 56.8 Å². The van der Waals surface area contributed by atoms with Crippen LogP contribution in [0.1, 0.15) is 16.7 Å². The van der Waals surface area contributed by atoms with Gasteiger partial charge in [-0.15, -0.1) is 0 Å². The molecule has 0 saturated carbocycles. The van der Waals surface area contributed by atoms with E-state index in [4.69, 9.17) is 26.4 Å². The van der Waals surface area contributed by atoms with Crippen molar-refractivity contribution in [1.82, 2.24) is 5.32 Å². The molecule has 5 nitrogen and oxygen atoms in total. The standard InChI is InChI=1S/C21H20BrNO4S2/c1-12-4-5-16(13(2)8-12)26-6-7-27-19-15(22)9-14(10-17(19)25-3)11-18-20(24)23-21(28)29-18/h4-5,8-11H,6-7H2,1-3H3,(H,23,24,28). The molecule has 2 aromatic rings. The second-order valence-corrected chi connectivity index (χ2v) is 8.93. The first kappa shape index (κ1) is 21.7. The van der Waals surface area contributed by atoms with Gasteiger partial charge in [0.05, 0.1) is 16.5 Å². The molecule has 1 fully saturated rings. The summed E-state index contributed by atoms with van der Waals surface area (Å²) >= 11 is 9.78. The maximum absolute atomic E-state index is 11.9. The molecule has 0 unspecified atom stereocenters. The van der Waals surface area contributed by atoms with E-state index in [-0.39, 0.29) is 5.91 Å². The number of thiocarbonyl (C=S) groups is 1. The second kappa shape index (κ2) is 9.65. The Balaban J connectivity index is 1.67. The number of carbonyl (C=O) groups is 1. The number of aryl methyl sites for hydroxylation is 2. The van der Waals surface area contributed by atoms with Crippen LogP contribution >= 0.6 is 39.9 Å². The fraction of sp³-hybridized carbons (Fsp3) is 0.238. The number of nitrogens with one attached hydrogen (secondary N) is 1. The molecule has 1 N–H and O–H groups in total. The molecule has 8 heteroatoms. The lowest BCUT2D eigenvalue weighted by Crippen LogP contribution is -2.17. The first-order valence-corrected chi connectivity index (χ1v) is 10.8. The van der Waals surface area contributed by atoms with Gasteiger partial charge in [-0.2, -0.15) is 0 Å². The van der Waals surface area contributed by atoms with Crippen LogP contribution in [0.5, 0.6) is 17.2 Å². The Kier molecular flexibility index (Phi) is 7.21. The van der Waals surface area contributed by atoms with Crippen molar-refractivity contribution in [2.24, 2.45) is 0 Å². The number of hydrogen-bond acceptors (Lipinski definition) is 6. The zero-order valence-corrected chi connectivity index (χ0v) is 19.4. The third-order valence-corrected chi connectivity index (χ3v) is 5.86. The summed E-state index contributed by atoms with van der Waals surface area (Å²) in [5.74, 6) is 1.79. The molecule has 0 spiro atoms. The third-order valence-electron chi connectivity index (χ3n) is 4.11. The van der Waals surface area contributed by atoms with Gasteiger partial charge in [-0.05, 0) is 65.2 Å². The molecule has 0 aliphatic carbocycles. The molecule has 0 bridgehead atoms. The fourth-order valence-corrected chi connectivity index (χ4v) is 4.41. The van der Waals surface area contributed by atoms with Gasteiger partial charge in [-0.1, -0.05) is 41.7 Å². The van der Waals surface area contributed by atoms with E-state index in [2.05, 4.69) is 34.2 Å². The highest BCUT2D eigenvalue weighted by molar-refractivity contribution is 9.10. The van der Waals surface area contributed by atoms with Gasteiger partial charge in [0.15, 0.2) is 11.5 Å². The van der Waals surface area contributed by atoms with Crippen LogP contribution in [-0.2, 0) is 4.79 Å². The van der Waals surface area contributed by atoms with Crippen molar-refractivity contribution in [3.8, 4) is 17.2 Å². The third kappa shape index (κ3) is 5.52. The molecule has 0 radical (unpaired) electrons. The molecule has 2 aromatic carbocycles. The minimum absolute atomic E-state index is 0.195. The van der Waals surface area contributed by atoms with Crippen LogP contribution in [0, 0.1) is 13.8 Å². The van der Waals surface area contributed by atoms with E-state index in [1.165, 1.54) is 17.3 Å². The summed E-state index contributed by atoms with van der Waals surface area (Å²) in [6, 6.07) is 9.74. The number of rotatable bonds is 7. The maximum Gasteiger partial charge on any atom is 0.263 e. The molecule has 1 aliphatic rings. The lowest BCUT2D eigenvalue weighted by Gasteiger charge is -2.15. The Hall–Kier alpha value is -2.03. The quantitative estimate of drug-likeness (QED) is 0.332. The number of benzene rings is 2. The molecule has 0 atom stereocenters. The smallest absolute Gasteiger partial charge is 0.263 e. The number of amides is 1. The predicted octanol–water partition coefficient (Wildman–Crippen LogP) is 5.02. The van der Waals surface area contributed by atoms with E-state index in [1.807, 2.05) is 31.2 Å². The summed E-state index contributed by atoms with van der Waals surface area (Å²) in [6.07, 6.45) is 1.76. The van der Waals surface area contributed by atoms with Crippen LogP contribution in [0.25, 0.3) is 6.08 Å². The molecule has 1 saturated heterocycles. The van der Waals surface area contributed by atoms with Crippen molar-refractivity contribution in [1.29, 1.82) is 0 Å². The first-order chi connectivity index (χ1) is 13.9. The number of thioether (sulfide) groups is 1. The van der Waals surface area contributed by atoms with Gasteiger partial charge in [0, 0.05) is 0 Å². The summed E-state index contributed by atoms with van der Waals surface area (Å²) in [6.45, 7) is 4.83. The summed E-state index contributed by atoms with van der Waals surface area (Å²) < 4.78 is 18.3. The summed E-state index contributed by atoms with van der Waals surface area (Å²) in [7, 11) is 1.57. The second-order valence-electron chi connectivity index (χ2n) is 6.35. The number of methoxy groups -OCH3 is 1. The van der Waals surface area contributed by atoms with Crippen molar-refractivity contribution >= 4 is 56.2 Å². The van der Waals surface area contributed by atoms with Crippen LogP contribution in [0.3, 0.4) is 0 Å². The highest BCUT2D eigenvalue weighted by atomic mass is 79.9. The first-order valence-electron chi connectivity index (χ1n) is 8.82. The van der Waals surface area contributed by atoms with Crippen molar-refractivity contribution < 1.29 is 19.0 Å². The molecule has 1 heterocycles. The van der Waals surface area contributed by atoms with Gasteiger partial charge in [-0.25, -0.2) is 0 Å².